The molecule has 2 rings (SSSR count). The van der Waals surface area contributed by atoms with Crippen LogP contribution in [0.1, 0.15) is 25.0 Å². The van der Waals surface area contributed by atoms with Crippen molar-refractivity contribution in [3.05, 3.63) is 29.3 Å². The van der Waals surface area contributed by atoms with Crippen molar-refractivity contribution in [1.29, 1.82) is 0 Å². The number of carbonyl (C=O) groups excluding carboxylic acids is 1. The third-order valence-corrected chi connectivity index (χ3v) is 6.05. The number of nitrogens with zero attached hydrogens (tertiary/aromatic N) is 2. The molecule has 7 heteroatoms. The van der Waals surface area contributed by atoms with Gasteiger partial charge in [-0.05, 0) is 51.0 Å². The van der Waals surface area contributed by atoms with Gasteiger partial charge in [0, 0.05) is 0 Å². The lowest BCUT2D eigenvalue weighted by Crippen LogP contribution is -3.14. The Labute approximate surface area is 151 Å². The normalized spacial score (nSPS) is 17.4. The number of hydrogen-bond acceptors (Lipinski definition) is 3. The van der Waals surface area contributed by atoms with Gasteiger partial charge < -0.3 is 9.80 Å². The number of rotatable bonds is 5. The van der Waals surface area contributed by atoms with E-state index < -0.39 is 16.1 Å². The number of hydrogen-bond donors (Lipinski definition) is 1. The van der Waals surface area contributed by atoms with Gasteiger partial charge in [-0.25, -0.2) is 8.42 Å². The second kappa shape index (κ2) is 7.74. The molecule has 25 heavy (non-hydrogen) atoms. The SMILES string of the molecule is CC[NH+]1CCN(C(=O)[C@@H](C)N(c2cc(C)cc(C)c2)S(C)(=O)=O)CC1. The lowest BCUT2D eigenvalue weighted by Gasteiger charge is -2.36. The van der Waals surface area contributed by atoms with Crippen molar-refractivity contribution >= 4 is 21.6 Å². The number of nitrogens with one attached hydrogen (secondary N) is 1. The van der Waals surface area contributed by atoms with Crippen LogP contribution in [0.4, 0.5) is 5.69 Å². The van der Waals surface area contributed by atoms with Gasteiger partial charge >= 0.3 is 0 Å². The summed E-state index contributed by atoms with van der Waals surface area (Å²) in [6.45, 7) is 11.9. The zero-order chi connectivity index (χ0) is 18.8. The lowest BCUT2D eigenvalue weighted by atomic mass is 10.1. The number of aryl methyl sites for hydroxylation is 2. The van der Waals surface area contributed by atoms with Gasteiger partial charge in [-0.3, -0.25) is 9.10 Å². The first-order chi connectivity index (χ1) is 11.6. The van der Waals surface area contributed by atoms with Gasteiger partial charge in [0.2, 0.25) is 15.9 Å². The van der Waals surface area contributed by atoms with Crippen molar-refractivity contribution in [2.45, 2.75) is 33.7 Å². The van der Waals surface area contributed by atoms with Gasteiger partial charge in [0.1, 0.15) is 6.04 Å². The number of benzene rings is 1. The summed E-state index contributed by atoms with van der Waals surface area (Å²) in [6, 6.07) is 4.87. The minimum absolute atomic E-state index is 0.125. The molecule has 6 nitrogen and oxygen atoms in total. The molecule has 0 aliphatic carbocycles. The second-order valence-electron chi connectivity index (χ2n) is 7.01. The molecule has 1 saturated heterocycles. The number of quaternary nitrogens is 1. The summed E-state index contributed by atoms with van der Waals surface area (Å²) in [5.74, 6) is -0.125. The molecule has 1 N–H and O–H groups in total. The Bertz CT molecular complexity index is 705. The van der Waals surface area contributed by atoms with Crippen LogP contribution in [0.15, 0.2) is 18.2 Å². The maximum atomic E-state index is 12.9. The van der Waals surface area contributed by atoms with Crippen LogP contribution in [0.3, 0.4) is 0 Å². The van der Waals surface area contributed by atoms with Crippen LogP contribution < -0.4 is 9.21 Å². The summed E-state index contributed by atoms with van der Waals surface area (Å²) in [7, 11) is -3.57. The summed E-state index contributed by atoms with van der Waals surface area (Å²) in [6.07, 6.45) is 1.16. The molecule has 0 bridgehead atoms. The third-order valence-electron chi connectivity index (χ3n) is 4.81. The maximum absolute atomic E-state index is 12.9. The molecule has 1 fully saturated rings. The molecule has 1 heterocycles. The molecule has 1 amide bonds. The van der Waals surface area contributed by atoms with Crippen molar-refractivity contribution in [3.63, 3.8) is 0 Å². The number of amides is 1. The zero-order valence-corrected chi connectivity index (χ0v) is 16.7. The highest BCUT2D eigenvalue weighted by atomic mass is 32.2. The maximum Gasteiger partial charge on any atom is 0.246 e. The van der Waals surface area contributed by atoms with E-state index in [1.807, 2.05) is 32.0 Å². The van der Waals surface area contributed by atoms with Crippen LogP contribution in [0.2, 0.25) is 0 Å². The molecule has 1 aliphatic heterocycles. The van der Waals surface area contributed by atoms with Crippen molar-refractivity contribution in [3.8, 4) is 0 Å². The first-order valence-corrected chi connectivity index (χ1v) is 10.7. The van der Waals surface area contributed by atoms with Gasteiger partial charge in [0.05, 0.1) is 44.7 Å². The molecular weight excluding hydrogens is 338 g/mol. The number of sulfonamides is 1. The fourth-order valence-electron chi connectivity index (χ4n) is 3.54. The van der Waals surface area contributed by atoms with Crippen LogP contribution >= 0.6 is 0 Å². The summed E-state index contributed by atoms with van der Waals surface area (Å²) in [4.78, 5) is 16.2. The van der Waals surface area contributed by atoms with Crippen molar-refractivity contribution in [2.75, 3.05) is 43.3 Å². The van der Waals surface area contributed by atoms with Gasteiger partial charge in [-0.1, -0.05) is 6.07 Å². The van der Waals surface area contributed by atoms with Crippen LogP contribution in [0.25, 0.3) is 0 Å². The van der Waals surface area contributed by atoms with Crippen LogP contribution in [-0.4, -0.2) is 64.2 Å². The average molecular weight is 369 g/mol. The Hall–Kier alpha value is -1.60. The Morgan fingerprint density at radius 1 is 1.20 bits per heavy atom. The van der Waals surface area contributed by atoms with E-state index >= 15 is 0 Å². The fourth-order valence-corrected chi connectivity index (χ4v) is 4.69. The van der Waals surface area contributed by atoms with E-state index in [9.17, 15) is 13.2 Å². The summed E-state index contributed by atoms with van der Waals surface area (Å²) in [5.41, 5.74) is 2.51. The predicted molar refractivity (Wildman–Crippen MR) is 101 cm³/mol. The summed E-state index contributed by atoms with van der Waals surface area (Å²) >= 11 is 0. The average Bonchev–Trinajstić information content (AvgIpc) is 2.52. The Morgan fingerprint density at radius 3 is 2.16 bits per heavy atom. The lowest BCUT2D eigenvalue weighted by molar-refractivity contribution is -0.902. The highest BCUT2D eigenvalue weighted by Crippen LogP contribution is 2.24. The Kier molecular flexibility index (Phi) is 6.11. The zero-order valence-electron chi connectivity index (χ0n) is 15.9. The summed E-state index contributed by atoms with van der Waals surface area (Å²) in [5, 5.41) is 0. The first-order valence-electron chi connectivity index (χ1n) is 8.83. The van der Waals surface area contributed by atoms with Gasteiger partial charge in [0.25, 0.3) is 0 Å². The second-order valence-corrected chi connectivity index (χ2v) is 8.87. The van der Waals surface area contributed by atoms with E-state index in [1.54, 1.807) is 11.8 Å². The van der Waals surface area contributed by atoms with Crippen LogP contribution in [0, 0.1) is 13.8 Å². The van der Waals surface area contributed by atoms with Crippen molar-refractivity contribution in [1.82, 2.24) is 4.90 Å². The number of carbonyl (C=O) groups is 1. The molecule has 1 aromatic rings. The van der Waals surface area contributed by atoms with Gasteiger partial charge in [-0.15, -0.1) is 0 Å². The standard InChI is InChI=1S/C18H29N3O3S/c1-6-19-7-9-20(10-8-19)18(22)16(4)21(25(5,23)24)17-12-14(2)11-15(3)13-17/h11-13,16H,6-10H2,1-5H3/p+1/t16-/m1/s1. The molecular formula is C18H30N3O3S+. The van der Waals surface area contributed by atoms with E-state index in [1.165, 1.54) is 9.21 Å². The monoisotopic (exact) mass is 368 g/mol. The van der Waals surface area contributed by atoms with E-state index in [0.29, 0.717) is 18.8 Å². The number of piperazine rings is 1. The first kappa shape index (κ1) is 19.7. The molecule has 0 saturated carbocycles. The minimum Gasteiger partial charge on any atom is -0.332 e. The van der Waals surface area contributed by atoms with E-state index in [4.69, 9.17) is 0 Å². The fraction of sp³-hybridized carbons (Fsp3) is 0.611. The largest absolute Gasteiger partial charge is 0.332 e. The molecule has 0 spiro atoms. The number of likely N-dealkylation sites (N-methyl/N-ethyl adjacent to an activating group) is 1. The highest BCUT2D eigenvalue weighted by Gasteiger charge is 2.34. The quantitative estimate of drug-likeness (QED) is 0.808. The van der Waals surface area contributed by atoms with E-state index in [0.717, 1.165) is 37.0 Å². The van der Waals surface area contributed by atoms with Crippen molar-refractivity contribution in [2.24, 2.45) is 0 Å². The minimum atomic E-state index is -3.57. The van der Waals surface area contributed by atoms with Crippen LogP contribution in [0.5, 0.6) is 0 Å². The smallest absolute Gasteiger partial charge is 0.246 e. The molecule has 140 valence electrons. The Morgan fingerprint density at radius 2 is 1.72 bits per heavy atom. The van der Waals surface area contributed by atoms with Gasteiger partial charge in [0.15, 0.2) is 0 Å². The van der Waals surface area contributed by atoms with Crippen LogP contribution in [-0.2, 0) is 14.8 Å². The van der Waals surface area contributed by atoms with E-state index in [-0.39, 0.29) is 5.91 Å². The topological polar surface area (TPSA) is 62.1 Å². The molecule has 1 atom stereocenters. The van der Waals surface area contributed by atoms with E-state index in [2.05, 4.69) is 6.92 Å². The Balaban J connectivity index is 2.27. The molecule has 0 aromatic heterocycles. The van der Waals surface area contributed by atoms with Gasteiger partial charge in [-0.2, -0.15) is 0 Å². The van der Waals surface area contributed by atoms with Crippen molar-refractivity contribution < 1.29 is 18.1 Å². The molecule has 1 aromatic carbocycles. The number of anilines is 1. The summed E-state index contributed by atoms with van der Waals surface area (Å²) < 4.78 is 26.1. The molecule has 0 unspecified atom stereocenters. The highest BCUT2D eigenvalue weighted by molar-refractivity contribution is 7.92. The third kappa shape index (κ3) is 4.73. The molecule has 0 radical (unpaired) electrons. The molecule has 1 aliphatic rings. The predicted octanol–water partition coefficient (Wildman–Crippen LogP) is 0.205.